The zero-order chi connectivity index (χ0) is 15.2. The Morgan fingerprint density at radius 1 is 1.19 bits per heavy atom. The molecule has 1 unspecified atom stereocenters. The minimum absolute atomic E-state index is 0.400. The molecule has 1 heterocycles. The molecule has 0 fully saturated rings. The van der Waals surface area contributed by atoms with Gasteiger partial charge in [-0.15, -0.1) is 0 Å². The minimum atomic E-state index is 0.400. The molecule has 0 radical (unpaired) electrons. The summed E-state index contributed by atoms with van der Waals surface area (Å²) in [5.41, 5.74) is 3.25. The molecule has 0 bridgehead atoms. The molecule has 1 aromatic carbocycles. The van der Waals surface area contributed by atoms with Gasteiger partial charge in [-0.05, 0) is 41.8 Å². The number of rotatable bonds is 6. The molecule has 2 rings (SSSR count). The van der Waals surface area contributed by atoms with E-state index in [1.807, 2.05) is 24.3 Å². The maximum atomic E-state index is 8.82. The van der Waals surface area contributed by atoms with Gasteiger partial charge < -0.3 is 9.88 Å². The molecule has 1 aromatic heterocycles. The Labute approximate surface area is 127 Å². The monoisotopic (exact) mass is 281 g/mol. The quantitative estimate of drug-likeness (QED) is 0.876. The molecule has 3 nitrogen and oxygen atoms in total. The third-order valence-electron chi connectivity index (χ3n) is 3.67. The van der Waals surface area contributed by atoms with E-state index in [1.165, 1.54) is 11.1 Å². The SMILES string of the molecule is CCNC(c1ccn(Cc2ccc(C#N)cc2)c1)C(C)C. The second-order valence-electron chi connectivity index (χ2n) is 5.71. The smallest absolute Gasteiger partial charge is 0.0991 e. The highest BCUT2D eigenvalue weighted by Gasteiger charge is 2.15. The Bertz CT molecular complexity index is 602. The van der Waals surface area contributed by atoms with Crippen molar-refractivity contribution in [1.82, 2.24) is 9.88 Å². The van der Waals surface area contributed by atoms with Crippen molar-refractivity contribution in [2.24, 2.45) is 5.92 Å². The standard InChI is InChI=1S/C18H23N3/c1-4-20-18(14(2)3)17-9-10-21(13-17)12-16-7-5-15(11-19)6-8-16/h5-10,13-14,18,20H,4,12H2,1-3H3. The molecule has 3 heteroatoms. The van der Waals surface area contributed by atoms with Gasteiger partial charge in [-0.1, -0.05) is 32.9 Å². The molecule has 110 valence electrons. The van der Waals surface area contributed by atoms with Crippen LogP contribution in [0.15, 0.2) is 42.7 Å². The fraction of sp³-hybridized carbons (Fsp3) is 0.389. The van der Waals surface area contributed by atoms with Crippen molar-refractivity contribution in [1.29, 1.82) is 5.26 Å². The molecule has 0 saturated carbocycles. The largest absolute Gasteiger partial charge is 0.350 e. The number of aromatic nitrogens is 1. The first-order valence-corrected chi connectivity index (χ1v) is 7.52. The number of hydrogen-bond acceptors (Lipinski definition) is 2. The van der Waals surface area contributed by atoms with Crippen molar-refractivity contribution in [3.8, 4) is 6.07 Å². The highest BCUT2D eigenvalue weighted by molar-refractivity contribution is 5.32. The van der Waals surface area contributed by atoms with Crippen LogP contribution in [0.4, 0.5) is 0 Å². The number of nitrogens with zero attached hydrogens (tertiary/aromatic N) is 2. The van der Waals surface area contributed by atoms with Crippen molar-refractivity contribution in [2.75, 3.05) is 6.54 Å². The van der Waals surface area contributed by atoms with Crippen molar-refractivity contribution in [2.45, 2.75) is 33.4 Å². The minimum Gasteiger partial charge on any atom is -0.350 e. The second-order valence-corrected chi connectivity index (χ2v) is 5.71. The van der Waals surface area contributed by atoms with E-state index in [4.69, 9.17) is 5.26 Å². The molecule has 1 N–H and O–H groups in total. The lowest BCUT2D eigenvalue weighted by molar-refractivity contribution is 0.421. The third kappa shape index (κ3) is 3.96. The predicted molar refractivity (Wildman–Crippen MR) is 85.9 cm³/mol. The maximum absolute atomic E-state index is 8.82. The summed E-state index contributed by atoms with van der Waals surface area (Å²) >= 11 is 0. The van der Waals surface area contributed by atoms with Crippen molar-refractivity contribution in [3.05, 3.63) is 59.4 Å². The average Bonchev–Trinajstić information content (AvgIpc) is 2.93. The summed E-state index contributed by atoms with van der Waals surface area (Å²) < 4.78 is 2.20. The van der Waals surface area contributed by atoms with Crippen LogP contribution in [0.2, 0.25) is 0 Å². The van der Waals surface area contributed by atoms with Crippen LogP contribution in [-0.4, -0.2) is 11.1 Å². The highest BCUT2D eigenvalue weighted by atomic mass is 15.0. The third-order valence-corrected chi connectivity index (χ3v) is 3.67. The van der Waals surface area contributed by atoms with Crippen molar-refractivity contribution < 1.29 is 0 Å². The van der Waals surface area contributed by atoms with Crippen LogP contribution in [0.5, 0.6) is 0 Å². The van der Waals surface area contributed by atoms with Crippen LogP contribution >= 0.6 is 0 Å². The van der Waals surface area contributed by atoms with Gasteiger partial charge >= 0.3 is 0 Å². The highest BCUT2D eigenvalue weighted by Crippen LogP contribution is 2.22. The number of nitriles is 1. The first-order valence-electron chi connectivity index (χ1n) is 7.52. The number of benzene rings is 1. The summed E-state index contributed by atoms with van der Waals surface area (Å²) in [7, 11) is 0. The van der Waals surface area contributed by atoms with Crippen LogP contribution < -0.4 is 5.32 Å². The first-order chi connectivity index (χ1) is 10.1. The molecule has 1 atom stereocenters. The van der Waals surface area contributed by atoms with Crippen LogP contribution in [0.3, 0.4) is 0 Å². The van der Waals surface area contributed by atoms with E-state index in [0.29, 0.717) is 17.5 Å². The van der Waals surface area contributed by atoms with Gasteiger partial charge in [0, 0.05) is 25.0 Å². The van der Waals surface area contributed by atoms with E-state index < -0.39 is 0 Å². The van der Waals surface area contributed by atoms with E-state index in [1.54, 1.807) is 0 Å². The summed E-state index contributed by atoms with van der Waals surface area (Å²) in [4.78, 5) is 0. The molecule has 21 heavy (non-hydrogen) atoms. The molecular weight excluding hydrogens is 258 g/mol. The summed E-state index contributed by atoms with van der Waals surface area (Å²) in [6, 6.07) is 12.5. The fourth-order valence-electron chi connectivity index (χ4n) is 2.60. The van der Waals surface area contributed by atoms with E-state index in [9.17, 15) is 0 Å². The van der Waals surface area contributed by atoms with Crippen LogP contribution in [0.25, 0.3) is 0 Å². The predicted octanol–water partition coefficient (Wildman–Crippen LogP) is 3.71. The Morgan fingerprint density at radius 2 is 1.90 bits per heavy atom. The molecule has 2 aromatic rings. The Balaban J connectivity index is 2.10. The topological polar surface area (TPSA) is 40.8 Å². The van der Waals surface area contributed by atoms with Crippen LogP contribution in [0.1, 0.15) is 43.5 Å². The van der Waals surface area contributed by atoms with Gasteiger partial charge in [0.15, 0.2) is 0 Å². The van der Waals surface area contributed by atoms with Gasteiger partial charge in [-0.2, -0.15) is 5.26 Å². The van der Waals surface area contributed by atoms with Crippen LogP contribution in [-0.2, 0) is 6.54 Å². The van der Waals surface area contributed by atoms with E-state index >= 15 is 0 Å². The lowest BCUT2D eigenvalue weighted by Crippen LogP contribution is -2.25. The molecule has 0 amide bonds. The summed E-state index contributed by atoms with van der Waals surface area (Å²) in [6.07, 6.45) is 4.34. The Hall–Kier alpha value is -2.05. The summed E-state index contributed by atoms with van der Waals surface area (Å²) in [6.45, 7) is 8.44. The van der Waals surface area contributed by atoms with Crippen molar-refractivity contribution in [3.63, 3.8) is 0 Å². The molecule has 0 aliphatic rings. The van der Waals surface area contributed by atoms with Gasteiger partial charge in [-0.25, -0.2) is 0 Å². The molecule has 0 saturated heterocycles. The van der Waals surface area contributed by atoms with Gasteiger partial charge in [0.05, 0.1) is 11.6 Å². The zero-order valence-electron chi connectivity index (χ0n) is 13.0. The molecule has 0 aliphatic carbocycles. The van der Waals surface area contributed by atoms with Gasteiger partial charge in [0.25, 0.3) is 0 Å². The summed E-state index contributed by atoms with van der Waals surface area (Å²) in [5, 5.41) is 12.4. The van der Waals surface area contributed by atoms with E-state index in [0.717, 1.165) is 13.1 Å². The lowest BCUT2D eigenvalue weighted by Gasteiger charge is -2.20. The van der Waals surface area contributed by atoms with Crippen molar-refractivity contribution >= 4 is 0 Å². The van der Waals surface area contributed by atoms with Gasteiger partial charge in [0.1, 0.15) is 0 Å². The number of hydrogen-bond donors (Lipinski definition) is 1. The van der Waals surface area contributed by atoms with Gasteiger partial charge in [0.2, 0.25) is 0 Å². The average molecular weight is 281 g/mol. The molecular formula is C18H23N3. The van der Waals surface area contributed by atoms with Crippen LogP contribution in [0, 0.1) is 17.2 Å². The first kappa shape index (κ1) is 15.3. The van der Waals surface area contributed by atoms with E-state index in [-0.39, 0.29) is 0 Å². The maximum Gasteiger partial charge on any atom is 0.0991 e. The van der Waals surface area contributed by atoms with Gasteiger partial charge in [-0.3, -0.25) is 0 Å². The number of nitrogens with one attached hydrogen (secondary N) is 1. The second kappa shape index (κ2) is 7.10. The lowest BCUT2D eigenvalue weighted by atomic mass is 9.98. The Morgan fingerprint density at radius 3 is 2.48 bits per heavy atom. The van der Waals surface area contributed by atoms with E-state index in [2.05, 4.69) is 55.2 Å². The zero-order valence-corrected chi connectivity index (χ0v) is 13.0. The normalized spacial score (nSPS) is 12.3. The Kier molecular flexibility index (Phi) is 5.19. The fourth-order valence-corrected chi connectivity index (χ4v) is 2.60. The summed E-state index contributed by atoms with van der Waals surface area (Å²) in [5.74, 6) is 0.565. The molecule has 0 spiro atoms. The molecule has 0 aliphatic heterocycles.